The van der Waals surface area contributed by atoms with Gasteiger partial charge in [-0.3, -0.25) is 4.79 Å². The van der Waals surface area contributed by atoms with E-state index >= 15 is 0 Å². The third kappa shape index (κ3) is 4.10. The molecule has 1 aliphatic rings. The van der Waals surface area contributed by atoms with Gasteiger partial charge in [-0.2, -0.15) is 0 Å². The number of nitrogens with zero attached hydrogens (tertiary/aromatic N) is 2. The molecule has 3 rings (SSSR count). The number of ether oxygens (including phenoxy) is 1. The van der Waals surface area contributed by atoms with Gasteiger partial charge in [0.2, 0.25) is 0 Å². The third-order valence-corrected chi connectivity index (χ3v) is 4.74. The summed E-state index contributed by atoms with van der Waals surface area (Å²) in [5.74, 6) is 1.93. The van der Waals surface area contributed by atoms with E-state index < -0.39 is 0 Å². The Labute approximate surface area is 141 Å². The first kappa shape index (κ1) is 16.0. The van der Waals surface area contributed by atoms with E-state index in [0.29, 0.717) is 29.8 Å². The Kier molecular flexibility index (Phi) is 4.96. The first-order chi connectivity index (χ1) is 11.1. The highest BCUT2D eigenvalue weighted by atomic mass is 32.1. The molecule has 2 heterocycles. The van der Waals surface area contributed by atoms with E-state index in [4.69, 9.17) is 4.74 Å². The molecule has 0 spiro atoms. The molecule has 5 heteroatoms. The second kappa shape index (κ2) is 7.13. The van der Waals surface area contributed by atoms with Crippen molar-refractivity contribution in [2.45, 2.75) is 26.9 Å². The van der Waals surface area contributed by atoms with E-state index in [0.717, 1.165) is 18.8 Å². The number of hydrogen-bond donors (Lipinski definition) is 0. The van der Waals surface area contributed by atoms with Gasteiger partial charge in [0.1, 0.15) is 12.4 Å². The molecule has 0 radical (unpaired) electrons. The summed E-state index contributed by atoms with van der Waals surface area (Å²) in [5.41, 5.74) is 3.39. The van der Waals surface area contributed by atoms with Crippen LogP contribution in [0.3, 0.4) is 0 Å². The molecule has 1 aliphatic heterocycles. The van der Waals surface area contributed by atoms with Crippen LogP contribution >= 0.6 is 11.3 Å². The molecular formula is C18H22N2O2S. The number of likely N-dealkylation sites (tertiary alicyclic amines) is 1. The second-order valence-corrected chi connectivity index (χ2v) is 7.17. The van der Waals surface area contributed by atoms with E-state index in [2.05, 4.69) is 18.8 Å². The largest absolute Gasteiger partial charge is 0.487 e. The molecule has 1 fully saturated rings. The van der Waals surface area contributed by atoms with Crippen molar-refractivity contribution in [1.29, 1.82) is 0 Å². The lowest BCUT2D eigenvalue weighted by Crippen LogP contribution is -2.42. The molecule has 1 aromatic carbocycles. The van der Waals surface area contributed by atoms with Gasteiger partial charge in [-0.1, -0.05) is 19.9 Å². The molecule has 0 bridgehead atoms. The highest BCUT2D eigenvalue weighted by Gasteiger charge is 2.26. The maximum atomic E-state index is 12.7. The Hall–Kier alpha value is -1.88. The van der Waals surface area contributed by atoms with E-state index in [1.807, 2.05) is 34.5 Å². The fourth-order valence-corrected chi connectivity index (χ4v) is 3.74. The van der Waals surface area contributed by atoms with Crippen molar-refractivity contribution in [2.24, 2.45) is 11.8 Å². The SMILES string of the molecule is CC1CC(C)CN(C(=O)c2cccc(OCc3cscn3)c2)C1. The fourth-order valence-electron chi connectivity index (χ4n) is 3.20. The summed E-state index contributed by atoms with van der Waals surface area (Å²) in [6.45, 7) is 6.53. The topological polar surface area (TPSA) is 42.4 Å². The summed E-state index contributed by atoms with van der Waals surface area (Å²) in [6.07, 6.45) is 1.20. The number of benzene rings is 1. The van der Waals surface area contributed by atoms with Gasteiger partial charge in [-0.15, -0.1) is 11.3 Å². The average molecular weight is 330 g/mol. The zero-order valence-electron chi connectivity index (χ0n) is 13.6. The lowest BCUT2D eigenvalue weighted by atomic mass is 9.91. The number of thiazole rings is 1. The zero-order chi connectivity index (χ0) is 16.2. The molecule has 0 aliphatic carbocycles. The summed E-state index contributed by atoms with van der Waals surface area (Å²) < 4.78 is 5.74. The van der Waals surface area contributed by atoms with Crippen LogP contribution in [0.25, 0.3) is 0 Å². The van der Waals surface area contributed by atoms with Gasteiger partial charge >= 0.3 is 0 Å². The van der Waals surface area contributed by atoms with Crippen molar-refractivity contribution in [3.8, 4) is 5.75 Å². The van der Waals surface area contributed by atoms with Crippen LogP contribution < -0.4 is 4.74 Å². The van der Waals surface area contributed by atoms with Crippen LogP contribution in [0.2, 0.25) is 0 Å². The molecule has 1 saturated heterocycles. The van der Waals surface area contributed by atoms with Gasteiger partial charge in [0.25, 0.3) is 5.91 Å². The minimum absolute atomic E-state index is 0.0995. The fraction of sp³-hybridized carbons (Fsp3) is 0.444. The Morgan fingerprint density at radius 3 is 2.83 bits per heavy atom. The quantitative estimate of drug-likeness (QED) is 0.855. The van der Waals surface area contributed by atoms with Gasteiger partial charge in [0.15, 0.2) is 0 Å². The standard InChI is InChI=1S/C18H22N2O2S/c1-13-6-14(2)9-20(8-13)18(21)15-4-3-5-17(7-15)22-10-16-11-23-12-19-16/h3-5,7,11-14H,6,8-10H2,1-2H3. The van der Waals surface area contributed by atoms with Gasteiger partial charge in [-0.05, 0) is 36.5 Å². The summed E-state index contributed by atoms with van der Waals surface area (Å²) >= 11 is 1.55. The monoisotopic (exact) mass is 330 g/mol. The number of piperidine rings is 1. The molecule has 122 valence electrons. The van der Waals surface area contributed by atoms with Crippen LogP contribution in [-0.2, 0) is 6.61 Å². The van der Waals surface area contributed by atoms with Gasteiger partial charge in [-0.25, -0.2) is 4.98 Å². The van der Waals surface area contributed by atoms with E-state index in [1.165, 1.54) is 6.42 Å². The summed E-state index contributed by atoms with van der Waals surface area (Å²) in [4.78, 5) is 18.9. The van der Waals surface area contributed by atoms with Crippen LogP contribution in [0.4, 0.5) is 0 Å². The highest BCUT2D eigenvalue weighted by Crippen LogP contribution is 2.24. The minimum Gasteiger partial charge on any atom is -0.487 e. The Morgan fingerprint density at radius 2 is 2.13 bits per heavy atom. The predicted octanol–water partition coefficient (Wildman–Crippen LogP) is 3.84. The highest BCUT2D eigenvalue weighted by molar-refractivity contribution is 7.07. The van der Waals surface area contributed by atoms with Crippen molar-refractivity contribution in [3.63, 3.8) is 0 Å². The average Bonchev–Trinajstić information content (AvgIpc) is 3.05. The number of carbonyl (C=O) groups excluding carboxylic acids is 1. The molecule has 1 amide bonds. The van der Waals surface area contributed by atoms with E-state index in [1.54, 1.807) is 16.8 Å². The lowest BCUT2D eigenvalue weighted by molar-refractivity contribution is 0.0622. The van der Waals surface area contributed by atoms with Crippen molar-refractivity contribution < 1.29 is 9.53 Å². The number of rotatable bonds is 4. The number of aromatic nitrogens is 1. The molecular weight excluding hydrogens is 308 g/mol. The molecule has 1 aromatic heterocycles. The summed E-state index contributed by atoms with van der Waals surface area (Å²) in [7, 11) is 0. The minimum atomic E-state index is 0.0995. The van der Waals surface area contributed by atoms with Crippen molar-refractivity contribution in [2.75, 3.05) is 13.1 Å². The Balaban J connectivity index is 1.67. The van der Waals surface area contributed by atoms with Gasteiger partial charge < -0.3 is 9.64 Å². The molecule has 0 saturated carbocycles. The molecule has 0 N–H and O–H groups in total. The normalized spacial score (nSPS) is 21.2. The van der Waals surface area contributed by atoms with Crippen LogP contribution in [-0.4, -0.2) is 28.9 Å². The maximum absolute atomic E-state index is 12.7. The zero-order valence-corrected chi connectivity index (χ0v) is 14.4. The summed E-state index contributed by atoms with van der Waals surface area (Å²) in [5, 5.41) is 1.96. The van der Waals surface area contributed by atoms with Crippen LogP contribution in [0.5, 0.6) is 5.75 Å². The number of amides is 1. The van der Waals surface area contributed by atoms with Crippen LogP contribution in [0, 0.1) is 11.8 Å². The molecule has 2 aromatic rings. The molecule has 23 heavy (non-hydrogen) atoms. The smallest absolute Gasteiger partial charge is 0.254 e. The van der Waals surface area contributed by atoms with E-state index in [-0.39, 0.29) is 5.91 Å². The Morgan fingerprint density at radius 1 is 1.35 bits per heavy atom. The Bertz CT molecular complexity index is 647. The third-order valence-electron chi connectivity index (χ3n) is 4.11. The van der Waals surface area contributed by atoms with Crippen LogP contribution in [0.15, 0.2) is 35.2 Å². The second-order valence-electron chi connectivity index (χ2n) is 6.45. The van der Waals surface area contributed by atoms with Gasteiger partial charge in [0, 0.05) is 24.0 Å². The first-order valence-electron chi connectivity index (χ1n) is 8.01. The van der Waals surface area contributed by atoms with Crippen molar-refractivity contribution in [3.05, 3.63) is 46.4 Å². The predicted molar refractivity (Wildman–Crippen MR) is 91.7 cm³/mol. The lowest BCUT2D eigenvalue weighted by Gasteiger charge is -2.35. The van der Waals surface area contributed by atoms with Crippen molar-refractivity contribution in [1.82, 2.24) is 9.88 Å². The van der Waals surface area contributed by atoms with Crippen molar-refractivity contribution >= 4 is 17.2 Å². The molecule has 2 atom stereocenters. The van der Waals surface area contributed by atoms with E-state index in [9.17, 15) is 4.79 Å². The summed E-state index contributed by atoms with van der Waals surface area (Å²) in [6, 6.07) is 7.45. The molecule has 4 nitrogen and oxygen atoms in total. The number of hydrogen-bond acceptors (Lipinski definition) is 4. The van der Waals surface area contributed by atoms with Crippen LogP contribution in [0.1, 0.15) is 36.3 Å². The molecule has 2 unspecified atom stereocenters. The first-order valence-corrected chi connectivity index (χ1v) is 8.95. The van der Waals surface area contributed by atoms with Gasteiger partial charge in [0.05, 0.1) is 11.2 Å². The maximum Gasteiger partial charge on any atom is 0.254 e. The number of carbonyl (C=O) groups is 1.